The van der Waals surface area contributed by atoms with E-state index in [0.29, 0.717) is 12.2 Å². The molecule has 16 heavy (non-hydrogen) atoms. The zero-order valence-electron chi connectivity index (χ0n) is 8.83. The fraction of sp³-hybridized carbons (Fsp3) is 0.455. The number of aromatic nitrogens is 1. The van der Waals surface area contributed by atoms with Gasteiger partial charge in [0.25, 0.3) is 0 Å². The summed E-state index contributed by atoms with van der Waals surface area (Å²) in [6, 6.07) is 1.71. The minimum atomic E-state index is -0.962. The van der Waals surface area contributed by atoms with E-state index in [0.717, 1.165) is 13.0 Å². The molecule has 2 heterocycles. The van der Waals surface area contributed by atoms with Crippen molar-refractivity contribution in [2.24, 2.45) is 5.92 Å². The number of hydrogen-bond donors (Lipinski definition) is 2. The van der Waals surface area contributed by atoms with E-state index in [1.807, 2.05) is 4.90 Å². The van der Waals surface area contributed by atoms with Gasteiger partial charge in [0.2, 0.25) is 0 Å². The summed E-state index contributed by atoms with van der Waals surface area (Å²) in [5, 5.41) is 18.1. The number of hydrogen-bond acceptors (Lipinski definition) is 4. The lowest BCUT2D eigenvalue weighted by atomic mass is 10.1. The first-order valence-electron chi connectivity index (χ1n) is 5.25. The van der Waals surface area contributed by atoms with Crippen LogP contribution in [0.15, 0.2) is 18.5 Å². The molecule has 1 fully saturated rings. The maximum Gasteiger partial charge on any atom is 0.339 e. The third-order valence-electron chi connectivity index (χ3n) is 2.91. The van der Waals surface area contributed by atoms with Crippen molar-refractivity contribution in [3.8, 4) is 0 Å². The van der Waals surface area contributed by atoms with Gasteiger partial charge in [0.15, 0.2) is 0 Å². The molecule has 1 unspecified atom stereocenters. The number of aliphatic hydroxyl groups excluding tert-OH is 1. The summed E-state index contributed by atoms with van der Waals surface area (Å²) in [7, 11) is 0. The Morgan fingerprint density at radius 1 is 1.62 bits per heavy atom. The summed E-state index contributed by atoms with van der Waals surface area (Å²) >= 11 is 0. The molecule has 2 N–H and O–H groups in total. The van der Waals surface area contributed by atoms with E-state index in [2.05, 4.69) is 4.98 Å². The van der Waals surface area contributed by atoms with Crippen molar-refractivity contribution in [3.05, 3.63) is 24.0 Å². The van der Waals surface area contributed by atoms with Crippen molar-refractivity contribution in [2.45, 2.75) is 6.42 Å². The third-order valence-corrected chi connectivity index (χ3v) is 2.91. The van der Waals surface area contributed by atoms with Crippen LogP contribution in [0, 0.1) is 5.92 Å². The molecule has 0 radical (unpaired) electrons. The molecule has 1 atom stereocenters. The van der Waals surface area contributed by atoms with E-state index in [1.54, 1.807) is 12.3 Å². The molecular formula is C11H14N2O3. The van der Waals surface area contributed by atoms with Crippen molar-refractivity contribution in [1.29, 1.82) is 0 Å². The summed E-state index contributed by atoms with van der Waals surface area (Å²) in [6.45, 7) is 1.65. The van der Waals surface area contributed by atoms with E-state index in [9.17, 15) is 4.79 Å². The number of anilines is 1. The monoisotopic (exact) mass is 222 g/mol. The number of carboxylic acid groups (broad SMARTS) is 1. The Kier molecular flexibility index (Phi) is 3.05. The van der Waals surface area contributed by atoms with Gasteiger partial charge >= 0.3 is 5.97 Å². The van der Waals surface area contributed by atoms with Crippen LogP contribution in [-0.2, 0) is 0 Å². The molecule has 2 rings (SSSR count). The van der Waals surface area contributed by atoms with Crippen LogP contribution in [0.2, 0.25) is 0 Å². The highest BCUT2D eigenvalue weighted by Gasteiger charge is 2.25. The van der Waals surface area contributed by atoms with E-state index in [4.69, 9.17) is 10.2 Å². The van der Waals surface area contributed by atoms with Gasteiger partial charge in [0.1, 0.15) is 5.56 Å². The number of carbonyl (C=O) groups is 1. The molecule has 86 valence electrons. The molecule has 1 aliphatic heterocycles. The second kappa shape index (κ2) is 4.49. The first-order chi connectivity index (χ1) is 7.72. The fourth-order valence-corrected chi connectivity index (χ4v) is 2.03. The zero-order chi connectivity index (χ0) is 11.5. The number of aromatic carboxylic acids is 1. The Hall–Kier alpha value is -1.62. The maximum absolute atomic E-state index is 11.0. The fourth-order valence-electron chi connectivity index (χ4n) is 2.03. The van der Waals surface area contributed by atoms with Crippen molar-refractivity contribution in [3.63, 3.8) is 0 Å². The quantitative estimate of drug-likeness (QED) is 0.783. The van der Waals surface area contributed by atoms with Gasteiger partial charge in [-0.05, 0) is 12.5 Å². The third kappa shape index (κ3) is 1.99. The molecule has 1 aromatic heterocycles. The van der Waals surface area contributed by atoms with E-state index in [-0.39, 0.29) is 18.1 Å². The van der Waals surface area contributed by atoms with Gasteiger partial charge in [-0.15, -0.1) is 0 Å². The SMILES string of the molecule is O=C(O)c1cnccc1N1CCC(CO)C1. The maximum atomic E-state index is 11.0. The molecule has 0 aliphatic carbocycles. The lowest BCUT2D eigenvalue weighted by molar-refractivity contribution is 0.0697. The van der Waals surface area contributed by atoms with Crippen LogP contribution in [0.3, 0.4) is 0 Å². The highest BCUT2D eigenvalue weighted by atomic mass is 16.4. The minimum Gasteiger partial charge on any atom is -0.478 e. The minimum absolute atomic E-state index is 0.157. The van der Waals surface area contributed by atoms with Crippen LogP contribution in [-0.4, -0.2) is 40.9 Å². The van der Waals surface area contributed by atoms with Crippen molar-refractivity contribution in [2.75, 3.05) is 24.6 Å². The molecule has 5 heteroatoms. The first-order valence-corrected chi connectivity index (χ1v) is 5.25. The Labute approximate surface area is 93.3 Å². The molecule has 0 bridgehead atoms. The van der Waals surface area contributed by atoms with Gasteiger partial charge in [-0.2, -0.15) is 0 Å². The van der Waals surface area contributed by atoms with Gasteiger partial charge < -0.3 is 15.1 Å². The van der Waals surface area contributed by atoms with E-state index in [1.165, 1.54) is 6.20 Å². The van der Waals surface area contributed by atoms with Crippen molar-refractivity contribution < 1.29 is 15.0 Å². The topological polar surface area (TPSA) is 73.7 Å². The van der Waals surface area contributed by atoms with Gasteiger partial charge in [-0.3, -0.25) is 4.98 Å². The van der Waals surface area contributed by atoms with Crippen molar-refractivity contribution >= 4 is 11.7 Å². The number of pyridine rings is 1. The average molecular weight is 222 g/mol. The molecule has 0 saturated carbocycles. The number of aliphatic hydroxyl groups is 1. The Morgan fingerprint density at radius 3 is 3.06 bits per heavy atom. The molecule has 5 nitrogen and oxygen atoms in total. The van der Waals surface area contributed by atoms with Crippen LogP contribution >= 0.6 is 0 Å². The summed E-state index contributed by atoms with van der Waals surface area (Å²) in [5.74, 6) is -0.717. The van der Waals surface area contributed by atoms with E-state index < -0.39 is 5.97 Å². The highest BCUT2D eigenvalue weighted by molar-refractivity contribution is 5.94. The lowest BCUT2D eigenvalue weighted by Crippen LogP contribution is -2.23. The lowest BCUT2D eigenvalue weighted by Gasteiger charge is -2.19. The predicted molar refractivity (Wildman–Crippen MR) is 58.6 cm³/mol. The first kappa shape index (κ1) is 10.9. The summed E-state index contributed by atoms with van der Waals surface area (Å²) < 4.78 is 0. The molecule has 1 aromatic rings. The van der Waals surface area contributed by atoms with Crippen LogP contribution in [0.5, 0.6) is 0 Å². The van der Waals surface area contributed by atoms with Gasteiger partial charge in [-0.1, -0.05) is 0 Å². The van der Waals surface area contributed by atoms with Crippen LogP contribution < -0.4 is 4.90 Å². The molecule has 0 spiro atoms. The summed E-state index contributed by atoms with van der Waals surface area (Å²) in [6.07, 6.45) is 3.86. The molecule has 1 aliphatic rings. The Bertz CT molecular complexity index is 395. The Morgan fingerprint density at radius 2 is 2.44 bits per heavy atom. The highest BCUT2D eigenvalue weighted by Crippen LogP contribution is 2.26. The van der Waals surface area contributed by atoms with Crippen LogP contribution in [0.25, 0.3) is 0 Å². The molecule has 0 amide bonds. The van der Waals surface area contributed by atoms with Crippen LogP contribution in [0.1, 0.15) is 16.8 Å². The summed E-state index contributed by atoms with van der Waals surface area (Å²) in [4.78, 5) is 16.8. The standard InChI is InChI=1S/C11H14N2O3/c14-7-8-2-4-13(6-8)10-1-3-12-5-9(10)11(15)16/h1,3,5,8,14H,2,4,6-7H2,(H,15,16). The molecule has 0 aromatic carbocycles. The largest absolute Gasteiger partial charge is 0.478 e. The molecular weight excluding hydrogens is 208 g/mol. The predicted octanol–water partition coefficient (Wildman–Crippen LogP) is 0.598. The van der Waals surface area contributed by atoms with E-state index >= 15 is 0 Å². The summed E-state index contributed by atoms with van der Waals surface area (Å²) in [5.41, 5.74) is 0.916. The van der Waals surface area contributed by atoms with Gasteiger partial charge in [-0.25, -0.2) is 4.79 Å². The van der Waals surface area contributed by atoms with Gasteiger partial charge in [0, 0.05) is 38.0 Å². The van der Waals surface area contributed by atoms with Crippen LogP contribution in [0.4, 0.5) is 5.69 Å². The molecule has 1 saturated heterocycles. The smallest absolute Gasteiger partial charge is 0.339 e. The van der Waals surface area contributed by atoms with Gasteiger partial charge in [0.05, 0.1) is 5.69 Å². The number of carboxylic acids is 1. The Balaban J connectivity index is 2.24. The average Bonchev–Trinajstić information content (AvgIpc) is 2.77. The second-order valence-corrected chi connectivity index (χ2v) is 3.98. The number of nitrogens with zero attached hydrogens (tertiary/aromatic N) is 2. The zero-order valence-corrected chi connectivity index (χ0v) is 8.83. The number of rotatable bonds is 3. The normalized spacial score (nSPS) is 20.1. The van der Waals surface area contributed by atoms with Crippen molar-refractivity contribution in [1.82, 2.24) is 4.98 Å². The second-order valence-electron chi connectivity index (χ2n) is 3.98.